The number of halogens is 1. The molecule has 3 aromatic rings. The molecule has 35 heavy (non-hydrogen) atoms. The summed E-state index contributed by atoms with van der Waals surface area (Å²) in [6.45, 7) is 1.69. The third kappa shape index (κ3) is 5.05. The molecule has 0 aliphatic carbocycles. The van der Waals surface area contributed by atoms with Gasteiger partial charge in [-0.1, -0.05) is 17.1 Å². The number of thiazole rings is 1. The fraction of sp³-hybridized carbons (Fsp3) is 0.360. The van der Waals surface area contributed by atoms with Crippen molar-refractivity contribution in [2.75, 3.05) is 19.7 Å². The van der Waals surface area contributed by atoms with E-state index in [0.717, 1.165) is 23.5 Å². The zero-order chi connectivity index (χ0) is 24.2. The number of benzene rings is 1. The summed E-state index contributed by atoms with van der Waals surface area (Å²) < 4.78 is 21.7. The Kier molecular flexibility index (Phi) is 6.77. The van der Waals surface area contributed by atoms with Gasteiger partial charge in [0.2, 0.25) is 5.91 Å². The number of ether oxygens (including phenoxy) is 1. The molecule has 0 saturated carbocycles. The molecule has 1 saturated heterocycles. The van der Waals surface area contributed by atoms with Crippen molar-refractivity contribution in [1.82, 2.24) is 19.7 Å². The molecule has 1 unspecified atom stereocenters. The lowest BCUT2D eigenvalue weighted by atomic mass is 9.97. The van der Waals surface area contributed by atoms with Crippen molar-refractivity contribution in [3.63, 3.8) is 0 Å². The maximum atomic E-state index is 14.6. The number of likely N-dealkylation sites (tertiary alicyclic amines) is 1. The monoisotopic (exact) mass is 493 g/mol. The Balaban J connectivity index is 1.19. The summed E-state index contributed by atoms with van der Waals surface area (Å²) in [5.74, 6) is 2.69. The minimum Gasteiger partial charge on any atom is -0.480 e. The van der Waals surface area contributed by atoms with E-state index in [-0.39, 0.29) is 25.0 Å². The van der Waals surface area contributed by atoms with Crippen LogP contribution in [0, 0.1) is 18.2 Å². The highest BCUT2D eigenvalue weighted by Gasteiger charge is 2.31. The second kappa shape index (κ2) is 10.3. The standard InChI is InChI=1S/C25H24FN5O3S/c1-2-13-33-21-6-3-5-18(26)24(21)22-14-19(29-34-22)20-16-35-25(28-20)17-7-11-30(12-8-17)23(32)15-31-10-4-9-27-31/h1,3-6,9-10,16-17,22H,7-8,11-15H2. The van der Waals surface area contributed by atoms with Gasteiger partial charge in [-0.05, 0) is 31.0 Å². The van der Waals surface area contributed by atoms with E-state index in [1.807, 2.05) is 16.3 Å². The van der Waals surface area contributed by atoms with Crippen LogP contribution in [0.2, 0.25) is 0 Å². The van der Waals surface area contributed by atoms with Crippen LogP contribution in [0.1, 0.15) is 47.5 Å². The van der Waals surface area contributed by atoms with Crippen LogP contribution in [0.15, 0.2) is 47.2 Å². The number of carbonyl (C=O) groups excluding carboxylic acids is 1. The lowest BCUT2D eigenvalue weighted by Crippen LogP contribution is -2.39. The zero-order valence-electron chi connectivity index (χ0n) is 19.0. The SMILES string of the molecule is C#CCOc1cccc(F)c1C1CC(c2csc(C3CCN(C(=O)Cn4cccn4)CC3)n2)=NO1. The minimum atomic E-state index is -0.604. The predicted molar refractivity (Wildman–Crippen MR) is 129 cm³/mol. The summed E-state index contributed by atoms with van der Waals surface area (Å²) in [6, 6.07) is 6.42. The van der Waals surface area contributed by atoms with Gasteiger partial charge in [0.15, 0.2) is 6.10 Å². The van der Waals surface area contributed by atoms with E-state index in [4.69, 9.17) is 21.0 Å². The number of piperidine rings is 1. The Hall–Kier alpha value is -3.71. The average molecular weight is 494 g/mol. The molecule has 0 spiro atoms. The third-order valence-corrected chi connectivity index (χ3v) is 7.19. The van der Waals surface area contributed by atoms with E-state index < -0.39 is 11.9 Å². The normalized spacial score (nSPS) is 18.1. The van der Waals surface area contributed by atoms with Crippen molar-refractivity contribution >= 4 is 23.0 Å². The highest BCUT2D eigenvalue weighted by Crippen LogP contribution is 2.38. The molecule has 5 rings (SSSR count). The molecular weight excluding hydrogens is 469 g/mol. The van der Waals surface area contributed by atoms with Crippen LogP contribution in [0.5, 0.6) is 5.75 Å². The summed E-state index contributed by atoms with van der Waals surface area (Å²) in [7, 11) is 0. The Morgan fingerprint density at radius 2 is 2.17 bits per heavy atom. The highest BCUT2D eigenvalue weighted by atomic mass is 32.1. The Morgan fingerprint density at radius 1 is 1.31 bits per heavy atom. The maximum absolute atomic E-state index is 14.6. The Bertz CT molecular complexity index is 1260. The largest absolute Gasteiger partial charge is 0.480 e. The third-order valence-electron chi connectivity index (χ3n) is 6.19. The first-order chi connectivity index (χ1) is 17.1. The van der Waals surface area contributed by atoms with Crippen LogP contribution < -0.4 is 4.74 Å². The van der Waals surface area contributed by atoms with Crippen LogP contribution >= 0.6 is 11.3 Å². The molecule has 1 atom stereocenters. The Labute approximate surface area is 206 Å². The smallest absolute Gasteiger partial charge is 0.244 e. The Morgan fingerprint density at radius 3 is 2.94 bits per heavy atom. The van der Waals surface area contributed by atoms with Crippen LogP contribution in [0.25, 0.3) is 0 Å². The van der Waals surface area contributed by atoms with Crippen molar-refractivity contribution in [3.05, 3.63) is 64.1 Å². The molecule has 180 valence electrons. The molecule has 2 aliphatic heterocycles. The fourth-order valence-corrected chi connectivity index (χ4v) is 5.37. The van der Waals surface area contributed by atoms with Gasteiger partial charge in [-0.2, -0.15) is 5.10 Å². The molecule has 0 N–H and O–H groups in total. The molecular formula is C25H24FN5O3S. The van der Waals surface area contributed by atoms with E-state index in [2.05, 4.69) is 16.2 Å². The zero-order valence-corrected chi connectivity index (χ0v) is 19.8. The number of oxime groups is 1. The number of aromatic nitrogens is 3. The topological polar surface area (TPSA) is 81.8 Å². The van der Waals surface area contributed by atoms with Crippen LogP contribution in [-0.2, 0) is 16.2 Å². The highest BCUT2D eigenvalue weighted by molar-refractivity contribution is 7.10. The van der Waals surface area contributed by atoms with Gasteiger partial charge in [-0.3, -0.25) is 9.48 Å². The van der Waals surface area contributed by atoms with Gasteiger partial charge in [0, 0.05) is 43.2 Å². The number of hydrogen-bond acceptors (Lipinski definition) is 7. The van der Waals surface area contributed by atoms with Gasteiger partial charge in [0.05, 0.1) is 16.3 Å². The molecule has 4 heterocycles. The molecule has 2 aliphatic rings. The van der Waals surface area contributed by atoms with Gasteiger partial charge < -0.3 is 14.5 Å². The van der Waals surface area contributed by atoms with Gasteiger partial charge in [-0.25, -0.2) is 9.37 Å². The van der Waals surface area contributed by atoms with Gasteiger partial charge >= 0.3 is 0 Å². The summed E-state index contributed by atoms with van der Waals surface area (Å²) in [6.07, 6.45) is 10.2. The number of rotatable bonds is 7. The summed E-state index contributed by atoms with van der Waals surface area (Å²) in [5.41, 5.74) is 1.73. The molecule has 1 fully saturated rings. The van der Waals surface area contributed by atoms with Crippen molar-refractivity contribution in [3.8, 4) is 18.1 Å². The van der Waals surface area contributed by atoms with Gasteiger partial charge in [0.25, 0.3) is 0 Å². The first-order valence-electron chi connectivity index (χ1n) is 11.4. The van der Waals surface area contributed by atoms with Crippen molar-refractivity contribution < 1.29 is 18.8 Å². The second-order valence-corrected chi connectivity index (χ2v) is 9.30. The molecule has 0 radical (unpaired) electrons. The predicted octanol–water partition coefficient (Wildman–Crippen LogP) is 3.76. The first kappa shape index (κ1) is 23.1. The van der Waals surface area contributed by atoms with E-state index in [1.165, 1.54) is 6.07 Å². The molecule has 1 aromatic carbocycles. The van der Waals surface area contributed by atoms with Crippen molar-refractivity contribution in [1.29, 1.82) is 0 Å². The van der Waals surface area contributed by atoms with Crippen LogP contribution in [0.3, 0.4) is 0 Å². The quantitative estimate of drug-likeness (QED) is 0.468. The number of hydrogen-bond donors (Lipinski definition) is 0. The lowest BCUT2D eigenvalue weighted by molar-refractivity contribution is -0.133. The summed E-state index contributed by atoms with van der Waals surface area (Å²) in [4.78, 5) is 24.8. The average Bonchev–Trinajstić information content (AvgIpc) is 3.65. The number of carbonyl (C=O) groups is 1. The fourth-order valence-electron chi connectivity index (χ4n) is 4.37. The van der Waals surface area contributed by atoms with E-state index in [1.54, 1.807) is 40.5 Å². The first-order valence-corrected chi connectivity index (χ1v) is 12.3. The van der Waals surface area contributed by atoms with Crippen molar-refractivity contribution in [2.45, 2.75) is 37.8 Å². The van der Waals surface area contributed by atoms with E-state index in [0.29, 0.717) is 36.5 Å². The molecule has 8 nitrogen and oxygen atoms in total. The van der Waals surface area contributed by atoms with E-state index in [9.17, 15) is 9.18 Å². The minimum absolute atomic E-state index is 0.0417. The number of amides is 1. The molecule has 2 aromatic heterocycles. The number of nitrogens with zero attached hydrogens (tertiary/aromatic N) is 5. The molecule has 10 heteroatoms. The molecule has 0 bridgehead atoms. The van der Waals surface area contributed by atoms with Crippen LogP contribution in [-0.4, -0.2) is 51.0 Å². The molecule has 1 amide bonds. The summed E-state index contributed by atoms with van der Waals surface area (Å²) in [5, 5.41) is 11.3. The number of terminal acetylenes is 1. The lowest BCUT2D eigenvalue weighted by Gasteiger charge is -2.31. The second-order valence-electron chi connectivity index (χ2n) is 8.41. The van der Waals surface area contributed by atoms with Crippen LogP contribution in [0.4, 0.5) is 4.39 Å². The summed E-state index contributed by atoms with van der Waals surface area (Å²) >= 11 is 1.58. The van der Waals surface area contributed by atoms with E-state index >= 15 is 0 Å². The van der Waals surface area contributed by atoms with Gasteiger partial charge in [-0.15, -0.1) is 17.8 Å². The maximum Gasteiger partial charge on any atom is 0.244 e. The van der Waals surface area contributed by atoms with Crippen molar-refractivity contribution in [2.24, 2.45) is 5.16 Å². The van der Waals surface area contributed by atoms with Gasteiger partial charge in [0.1, 0.15) is 30.4 Å².